The molecule has 3 unspecified atom stereocenters. The van der Waals surface area contributed by atoms with Crippen molar-refractivity contribution in [1.29, 1.82) is 0 Å². The van der Waals surface area contributed by atoms with Crippen molar-refractivity contribution in [2.24, 2.45) is 27.9 Å². The predicted octanol–water partition coefficient (Wildman–Crippen LogP) is 2.97. The third-order valence-corrected chi connectivity index (χ3v) is 7.18. The Hall–Kier alpha value is -1.10. The lowest BCUT2D eigenvalue weighted by molar-refractivity contribution is -0.152. The van der Waals surface area contributed by atoms with Crippen LogP contribution >= 0.6 is 0 Å². The minimum atomic E-state index is -0.631. The second-order valence-corrected chi connectivity index (χ2v) is 9.96. The summed E-state index contributed by atoms with van der Waals surface area (Å²) < 4.78 is 5.01. The third-order valence-electron chi connectivity index (χ3n) is 7.18. The minimum Gasteiger partial charge on any atom is -0.467 e. The van der Waals surface area contributed by atoms with Crippen molar-refractivity contribution >= 4 is 11.9 Å². The summed E-state index contributed by atoms with van der Waals surface area (Å²) in [5, 5.41) is 0. The zero-order chi connectivity index (χ0) is 19.2. The Morgan fingerprint density at radius 3 is 2.16 bits per heavy atom. The Bertz CT molecular complexity index is 534. The molecule has 5 nitrogen and oxygen atoms in total. The van der Waals surface area contributed by atoms with Crippen LogP contribution in [0.4, 0.5) is 0 Å². The predicted molar refractivity (Wildman–Crippen MR) is 98.8 cm³/mol. The molecule has 2 fully saturated rings. The van der Waals surface area contributed by atoms with E-state index >= 15 is 0 Å². The van der Waals surface area contributed by atoms with Crippen molar-refractivity contribution in [1.82, 2.24) is 4.90 Å². The summed E-state index contributed by atoms with van der Waals surface area (Å²) in [5.41, 5.74) is 5.83. The van der Waals surface area contributed by atoms with Gasteiger partial charge in [-0.15, -0.1) is 0 Å². The lowest BCUT2D eigenvalue weighted by atomic mass is 9.54. The van der Waals surface area contributed by atoms with Crippen LogP contribution in [0.15, 0.2) is 0 Å². The molecule has 0 aromatic heterocycles. The van der Waals surface area contributed by atoms with Crippen LogP contribution in [-0.2, 0) is 14.3 Å². The average Bonchev–Trinajstić information content (AvgIpc) is 2.81. The number of likely N-dealkylation sites (tertiary alicyclic amines) is 1. The van der Waals surface area contributed by atoms with Crippen molar-refractivity contribution < 1.29 is 14.3 Å². The molecule has 0 spiro atoms. The molecule has 5 heteroatoms. The molecule has 1 aliphatic carbocycles. The van der Waals surface area contributed by atoms with Crippen LogP contribution in [0, 0.1) is 22.2 Å². The standard InChI is InChI=1S/C20H36N2O3/c1-18(2,3)15(21)16(23)22-12-20(6,11-14(22)17(24)25-7)19(4,5)13-9-8-10-13/h13-15H,8-12,21H2,1-7H3. The molecule has 1 saturated carbocycles. The number of ether oxygens (including phenoxy) is 1. The van der Waals surface area contributed by atoms with Crippen LogP contribution in [0.2, 0.25) is 0 Å². The lowest BCUT2D eigenvalue weighted by Gasteiger charge is -2.50. The van der Waals surface area contributed by atoms with Crippen LogP contribution < -0.4 is 5.73 Å². The molecular formula is C20H36N2O3. The summed E-state index contributed by atoms with van der Waals surface area (Å²) in [6.45, 7) is 13.2. The van der Waals surface area contributed by atoms with Gasteiger partial charge in [0.2, 0.25) is 5.91 Å². The monoisotopic (exact) mass is 352 g/mol. The van der Waals surface area contributed by atoms with E-state index in [1.807, 2.05) is 20.8 Å². The number of carbonyl (C=O) groups is 2. The molecule has 3 atom stereocenters. The minimum absolute atomic E-state index is 0.0678. The largest absolute Gasteiger partial charge is 0.467 e. The summed E-state index contributed by atoms with van der Waals surface area (Å²) >= 11 is 0. The molecule has 1 heterocycles. The van der Waals surface area contributed by atoms with Gasteiger partial charge in [-0.25, -0.2) is 4.79 Å². The van der Waals surface area contributed by atoms with Crippen molar-refractivity contribution in [3.63, 3.8) is 0 Å². The first-order valence-corrected chi connectivity index (χ1v) is 9.49. The average molecular weight is 353 g/mol. The molecule has 0 bridgehead atoms. The normalized spacial score (nSPS) is 29.3. The molecular weight excluding hydrogens is 316 g/mol. The highest BCUT2D eigenvalue weighted by atomic mass is 16.5. The van der Waals surface area contributed by atoms with Crippen molar-refractivity contribution in [2.45, 2.75) is 79.3 Å². The molecule has 2 rings (SSSR count). The van der Waals surface area contributed by atoms with Gasteiger partial charge in [-0.2, -0.15) is 0 Å². The van der Waals surface area contributed by atoms with Gasteiger partial charge in [-0.1, -0.05) is 48.0 Å². The smallest absolute Gasteiger partial charge is 0.328 e. The van der Waals surface area contributed by atoms with E-state index < -0.39 is 12.1 Å². The van der Waals surface area contributed by atoms with Gasteiger partial charge in [0, 0.05) is 6.54 Å². The van der Waals surface area contributed by atoms with E-state index in [2.05, 4.69) is 20.8 Å². The van der Waals surface area contributed by atoms with Crippen molar-refractivity contribution in [2.75, 3.05) is 13.7 Å². The zero-order valence-corrected chi connectivity index (χ0v) is 17.0. The maximum atomic E-state index is 13.1. The molecule has 1 amide bonds. The number of hydrogen-bond donors (Lipinski definition) is 1. The number of esters is 1. The van der Waals surface area contributed by atoms with Crippen molar-refractivity contribution in [3.05, 3.63) is 0 Å². The lowest BCUT2D eigenvalue weighted by Crippen LogP contribution is -2.54. The number of carbonyl (C=O) groups excluding carboxylic acids is 2. The maximum Gasteiger partial charge on any atom is 0.328 e. The van der Waals surface area contributed by atoms with Crippen molar-refractivity contribution in [3.8, 4) is 0 Å². The number of nitrogens with zero attached hydrogens (tertiary/aromatic N) is 1. The van der Waals surface area contributed by atoms with Crippen LogP contribution in [-0.4, -0.2) is 42.5 Å². The molecule has 1 aliphatic heterocycles. The first kappa shape index (κ1) is 20.2. The van der Waals surface area contributed by atoms with Crippen LogP contribution in [0.25, 0.3) is 0 Å². The van der Waals surface area contributed by atoms with E-state index in [0.29, 0.717) is 18.9 Å². The maximum absolute atomic E-state index is 13.1. The number of methoxy groups -OCH3 is 1. The van der Waals surface area contributed by atoms with Gasteiger partial charge in [0.1, 0.15) is 6.04 Å². The fourth-order valence-electron chi connectivity index (χ4n) is 4.30. The van der Waals surface area contributed by atoms with Gasteiger partial charge in [-0.3, -0.25) is 4.79 Å². The topological polar surface area (TPSA) is 72.6 Å². The first-order valence-electron chi connectivity index (χ1n) is 9.49. The molecule has 0 radical (unpaired) electrons. The van der Waals surface area contributed by atoms with E-state index in [1.54, 1.807) is 4.90 Å². The third kappa shape index (κ3) is 3.44. The number of rotatable bonds is 4. The zero-order valence-electron chi connectivity index (χ0n) is 17.0. The highest BCUT2D eigenvalue weighted by Crippen LogP contribution is 2.57. The van der Waals surface area contributed by atoms with E-state index in [0.717, 1.165) is 0 Å². The first-order chi connectivity index (χ1) is 11.3. The highest BCUT2D eigenvalue weighted by Gasteiger charge is 2.57. The van der Waals surface area contributed by atoms with Gasteiger partial charge >= 0.3 is 5.97 Å². The Morgan fingerprint density at radius 1 is 1.20 bits per heavy atom. The highest BCUT2D eigenvalue weighted by molar-refractivity contribution is 5.88. The van der Waals surface area contributed by atoms with Gasteiger partial charge in [0.25, 0.3) is 0 Å². The van der Waals surface area contributed by atoms with Crippen LogP contribution in [0.3, 0.4) is 0 Å². The Morgan fingerprint density at radius 2 is 1.76 bits per heavy atom. The SMILES string of the molecule is COC(=O)C1CC(C)(C(C)(C)C2CCC2)CN1C(=O)C(N)C(C)(C)C. The summed E-state index contributed by atoms with van der Waals surface area (Å²) in [4.78, 5) is 27.2. The van der Waals surface area contributed by atoms with E-state index in [-0.39, 0.29) is 28.1 Å². The Balaban J connectivity index is 2.31. The molecule has 0 aromatic rings. The second kappa shape index (κ2) is 6.57. The molecule has 144 valence electrons. The van der Waals surface area contributed by atoms with E-state index in [4.69, 9.17) is 10.5 Å². The van der Waals surface area contributed by atoms with Gasteiger partial charge in [0.05, 0.1) is 13.2 Å². The molecule has 2 aliphatic rings. The van der Waals surface area contributed by atoms with E-state index in [1.165, 1.54) is 26.4 Å². The summed E-state index contributed by atoms with van der Waals surface area (Å²) in [6, 6.07) is -1.16. The van der Waals surface area contributed by atoms with Gasteiger partial charge in [-0.05, 0) is 41.4 Å². The summed E-state index contributed by atoms with van der Waals surface area (Å²) in [6.07, 6.45) is 4.40. The van der Waals surface area contributed by atoms with Gasteiger partial charge < -0.3 is 15.4 Å². The second-order valence-electron chi connectivity index (χ2n) is 9.96. The van der Waals surface area contributed by atoms with E-state index in [9.17, 15) is 9.59 Å². The fraction of sp³-hybridized carbons (Fsp3) is 0.900. The molecule has 0 aromatic carbocycles. The van der Waals surface area contributed by atoms with Gasteiger partial charge in [0.15, 0.2) is 0 Å². The van der Waals surface area contributed by atoms with Crippen LogP contribution in [0.5, 0.6) is 0 Å². The van der Waals surface area contributed by atoms with Crippen LogP contribution in [0.1, 0.15) is 67.2 Å². The summed E-state index contributed by atoms with van der Waals surface area (Å²) in [7, 11) is 1.39. The number of nitrogens with two attached hydrogens (primary N) is 1. The molecule has 1 saturated heterocycles. The Labute approximate surface area is 152 Å². The molecule has 2 N–H and O–H groups in total. The quantitative estimate of drug-likeness (QED) is 0.790. The molecule has 25 heavy (non-hydrogen) atoms. The number of hydrogen-bond acceptors (Lipinski definition) is 4. The fourth-order valence-corrected chi connectivity index (χ4v) is 4.30. The summed E-state index contributed by atoms with van der Waals surface area (Å²) in [5.74, 6) is 0.181. The Kier molecular flexibility index (Phi) is 5.31. The number of amides is 1.